The highest BCUT2D eigenvalue weighted by Crippen LogP contribution is 2.28. The highest BCUT2D eigenvalue weighted by atomic mass is 16.5. The Labute approximate surface area is 197 Å². The third-order valence-corrected chi connectivity index (χ3v) is 5.62. The largest absolute Gasteiger partial charge is 0.497 e. The van der Waals surface area contributed by atoms with Gasteiger partial charge in [-0.05, 0) is 54.3 Å². The Balaban J connectivity index is 1.81. The van der Waals surface area contributed by atoms with E-state index in [1.165, 1.54) is 14.2 Å². The van der Waals surface area contributed by atoms with E-state index in [1.807, 2.05) is 31.2 Å². The predicted molar refractivity (Wildman–Crippen MR) is 132 cm³/mol. The number of H-pyrrole nitrogens is 1. The summed E-state index contributed by atoms with van der Waals surface area (Å²) in [6.45, 7) is 2.03. The molecule has 0 aliphatic carbocycles. The summed E-state index contributed by atoms with van der Waals surface area (Å²) in [5.41, 5.74) is 2.98. The quantitative estimate of drug-likeness (QED) is 0.434. The molecule has 7 heteroatoms. The highest BCUT2D eigenvalue weighted by molar-refractivity contribution is 6.06. The van der Waals surface area contributed by atoms with Crippen LogP contribution < -0.4 is 24.7 Å². The first-order valence-corrected chi connectivity index (χ1v) is 10.7. The summed E-state index contributed by atoms with van der Waals surface area (Å²) < 4.78 is 16.0. The van der Waals surface area contributed by atoms with Gasteiger partial charge in [-0.15, -0.1) is 0 Å². The van der Waals surface area contributed by atoms with Crippen LogP contribution >= 0.6 is 0 Å². The zero-order valence-corrected chi connectivity index (χ0v) is 19.5. The molecule has 0 aliphatic heterocycles. The molecule has 174 valence electrons. The van der Waals surface area contributed by atoms with E-state index in [-0.39, 0.29) is 18.0 Å². The van der Waals surface area contributed by atoms with Gasteiger partial charge in [0.05, 0.1) is 27.9 Å². The van der Waals surface area contributed by atoms with Crippen LogP contribution in [0.4, 0.5) is 5.69 Å². The minimum Gasteiger partial charge on any atom is -0.497 e. The van der Waals surface area contributed by atoms with E-state index in [4.69, 9.17) is 14.2 Å². The maximum absolute atomic E-state index is 13.8. The first kappa shape index (κ1) is 22.9. The molecule has 0 saturated carbocycles. The van der Waals surface area contributed by atoms with Crippen LogP contribution in [0.1, 0.15) is 21.5 Å². The second-order valence-corrected chi connectivity index (χ2v) is 7.91. The number of aryl methyl sites for hydroxylation is 1. The average molecular weight is 459 g/mol. The number of hydrogen-bond acceptors (Lipinski definition) is 5. The van der Waals surface area contributed by atoms with Crippen molar-refractivity contribution in [1.82, 2.24) is 4.98 Å². The molecule has 34 heavy (non-hydrogen) atoms. The van der Waals surface area contributed by atoms with Crippen LogP contribution in [0.15, 0.2) is 71.5 Å². The highest BCUT2D eigenvalue weighted by Gasteiger charge is 2.22. The number of carbonyl (C=O) groups excluding carboxylic acids is 1. The number of nitrogens with zero attached hydrogens (tertiary/aromatic N) is 1. The van der Waals surface area contributed by atoms with Crippen LogP contribution in [-0.4, -0.2) is 32.2 Å². The number of fused-ring (bicyclic) bond motifs is 1. The van der Waals surface area contributed by atoms with Crippen molar-refractivity contribution < 1.29 is 19.0 Å². The Kier molecular flexibility index (Phi) is 6.54. The van der Waals surface area contributed by atoms with Gasteiger partial charge in [0.1, 0.15) is 17.2 Å². The molecule has 1 N–H and O–H groups in total. The lowest BCUT2D eigenvalue weighted by Gasteiger charge is -2.24. The van der Waals surface area contributed by atoms with Crippen molar-refractivity contribution in [3.63, 3.8) is 0 Å². The van der Waals surface area contributed by atoms with E-state index in [0.717, 1.165) is 16.5 Å². The normalized spacial score (nSPS) is 10.7. The molecule has 1 heterocycles. The Morgan fingerprint density at radius 1 is 0.853 bits per heavy atom. The van der Waals surface area contributed by atoms with Gasteiger partial charge < -0.3 is 24.1 Å². The van der Waals surface area contributed by atoms with Crippen LogP contribution in [0.5, 0.6) is 17.2 Å². The zero-order valence-electron chi connectivity index (χ0n) is 19.5. The van der Waals surface area contributed by atoms with Crippen molar-refractivity contribution in [3.8, 4) is 17.2 Å². The summed E-state index contributed by atoms with van der Waals surface area (Å²) in [6.07, 6.45) is 0. The van der Waals surface area contributed by atoms with Crippen molar-refractivity contribution in [3.05, 3.63) is 93.8 Å². The average Bonchev–Trinajstić information content (AvgIpc) is 2.86. The van der Waals surface area contributed by atoms with Crippen LogP contribution in [0.25, 0.3) is 10.9 Å². The fraction of sp³-hybridized carbons (Fsp3) is 0.185. The number of pyridine rings is 1. The Morgan fingerprint density at radius 3 is 2.24 bits per heavy atom. The molecule has 1 amide bonds. The van der Waals surface area contributed by atoms with E-state index >= 15 is 0 Å². The molecule has 0 fully saturated rings. The smallest absolute Gasteiger partial charge is 0.258 e. The number of aromatic nitrogens is 1. The molecule has 0 spiro atoms. The molecule has 0 saturated heterocycles. The summed E-state index contributed by atoms with van der Waals surface area (Å²) >= 11 is 0. The van der Waals surface area contributed by atoms with Crippen molar-refractivity contribution in [2.24, 2.45) is 0 Å². The molecule has 1 aromatic heterocycles. The number of methoxy groups -OCH3 is 3. The number of nitrogens with one attached hydrogen (secondary N) is 1. The predicted octanol–water partition coefficient (Wildman–Crippen LogP) is 4.71. The van der Waals surface area contributed by atoms with Gasteiger partial charge in [0.15, 0.2) is 0 Å². The molecule has 4 aromatic rings. The van der Waals surface area contributed by atoms with E-state index in [0.29, 0.717) is 34.1 Å². The van der Waals surface area contributed by atoms with Crippen LogP contribution in [-0.2, 0) is 6.54 Å². The zero-order chi connectivity index (χ0) is 24.2. The summed E-state index contributed by atoms with van der Waals surface area (Å²) in [4.78, 5) is 31.2. The first-order chi connectivity index (χ1) is 16.4. The number of rotatable bonds is 7. The van der Waals surface area contributed by atoms with Crippen LogP contribution in [0.2, 0.25) is 0 Å². The lowest BCUT2D eigenvalue weighted by atomic mass is 10.1. The van der Waals surface area contributed by atoms with Crippen molar-refractivity contribution in [2.45, 2.75) is 13.5 Å². The number of carbonyl (C=O) groups is 1. The lowest BCUT2D eigenvalue weighted by Crippen LogP contribution is -2.33. The van der Waals surface area contributed by atoms with Crippen molar-refractivity contribution >= 4 is 22.5 Å². The Morgan fingerprint density at radius 2 is 1.56 bits per heavy atom. The summed E-state index contributed by atoms with van der Waals surface area (Å²) in [6, 6.07) is 19.8. The van der Waals surface area contributed by atoms with Gasteiger partial charge in [-0.2, -0.15) is 0 Å². The van der Waals surface area contributed by atoms with E-state index in [9.17, 15) is 9.59 Å². The van der Waals surface area contributed by atoms with E-state index < -0.39 is 0 Å². The number of ether oxygens (including phenoxy) is 3. The minimum absolute atomic E-state index is 0.0602. The number of benzene rings is 3. The van der Waals surface area contributed by atoms with E-state index in [1.54, 1.807) is 54.5 Å². The molecular weight excluding hydrogens is 432 g/mol. The second kappa shape index (κ2) is 9.70. The Hall–Kier alpha value is -4.26. The SMILES string of the molecule is COc1cc(OC)cc(C(=O)N(Cc2cc3ccc(C)cc3[nH]c2=O)c2cccc(OC)c2)c1. The fourth-order valence-electron chi connectivity index (χ4n) is 3.79. The fourth-order valence-corrected chi connectivity index (χ4v) is 3.79. The van der Waals surface area contributed by atoms with Gasteiger partial charge >= 0.3 is 0 Å². The number of anilines is 1. The molecule has 7 nitrogen and oxygen atoms in total. The molecular formula is C27H26N2O5. The molecule has 0 aliphatic rings. The third kappa shape index (κ3) is 4.73. The summed E-state index contributed by atoms with van der Waals surface area (Å²) in [7, 11) is 4.62. The van der Waals surface area contributed by atoms with Crippen LogP contribution in [0.3, 0.4) is 0 Å². The molecule has 4 rings (SSSR count). The lowest BCUT2D eigenvalue weighted by molar-refractivity contribution is 0.0984. The second-order valence-electron chi connectivity index (χ2n) is 7.91. The van der Waals surface area contributed by atoms with Crippen LogP contribution in [0, 0.1) is 6.92 Å². The van der Waals surface area contributed by atoms with E-state index in [2.05, 4.69) is 4.98 Å². The third-order valence-electron chi connectivity index (χ3n) is 5.62. The van der Waals surface area contributed by atoms with Gasteiger partial charge in [-0.1, -0.05) is 18.2 Å². The van der Waals surface area contributed by atoms with Crippen molar-refractivity contribution in [2.75, 3.05) is 26.2 Å². The van der Waals surface area contributed by atoms with Gasteiger partial charge in [0.2, 0.25) is 0 Å². The molecule has 0 atom stereocenters. The monoisotopic (exact) mass is 458 g/mol. The maximum atomic E-state index is 13.8. The topological polar surface area (TPSA) is 80.9 Å². The molecule has 0 bridgehead atoms. The number of amides is 1. The van der Waals surface area contributed by atoms with Crippen molar-refractivity contribution in [1.29, 1.82) is 0 Å². The van der Waals surface area contributed by atoms with Gasteiger partial charge in [-0.25, -0.2) is 0 Å². The minimum atomic E-state index is -0.311. The number of aromatic amines is 1. The van der Waals surface area contributed by atoms with Gasteiger partial charge in [-0.3, -0.25) is 9.59 Å². The summed E-state index contributed by atoms with van der Waals surface area (Å²) in [5.74, 6) is 1.27. The molecule has 0 radical (unpaired) electrons. The Bertz CT molecular complexity index is 1390. The first-order valence-electron chi connectivity index (χ1n) is 10.7. The maximum Gasteiger partial charge on any atom is 0.258 e. The molecule has 0 unspecified atom stereocenters. The standard InChI is InChI=1S/C27H26N2O5/c1-17-8-9-18-11-20(26(30)28-25(18)10-17)16-29(21-6-5-7-22(14-21)32-2)27(31)19-12-23(33-3)15-24(13-19)34-4/h5-15H,16H2,1-4H3,(H,28,30). The van der Waals surface area contributed by atoms with Gasteiger partial charge in [0.25, 0.3) is 11.5 Å². The molecule has 3 aromatic carbocycles. The summed E-state index contributed by atoms with van der Waals surface area (Å²) in [5, 5.41) is 0.890. The number of hydrogen-bond donors (Lipinski definition) is 1. The van der Waals surface area contributed by atoms with Gasteiger partial charge in [0, 0.05) is 34.5 Å².